The highest BCUT2D eigenvalue weighted by Crippen LogP contribution is 2.23. The van der Waals surface area contributed by atoms with Crippen LogP contribution in [0.3, 0.4) is 0 Å². The van der Waals surface area contributed by atoms with E-state index < -0.39 is 0 Å². The molecule has 110 valence electrons. The zero-order chi connectivity index (χ0) is 14.4. The molecule has 0 bridgehead atoms. The first kappa shape index (κ1) is 15.2. The molecule has 0 aliphatic rings. The SMILES string of the molecule is CCNC(C)CCSc1nc2ccc(OCC)cc2[nH]1. The normalized spacial score (nSPS) is 12.8. The molecule has 0 fully saturated rings. The number of aromatic amines is 1. The Labute approximate surface area is 124 Å². The molecule has 0 radical (unpaired) electrons. The van der Waals surface area contributed by atoms with Crippen molar-refractivity contribution in [1.82, 2.24) is 15.3 Å². The Morgan fingerprint density at radius 2 is 2.25 bits per heavy atom. The van der Waals surface area contributed by atoms with Gasteiger partial charge >= 0.3 is 0 Å². The molecule has 0 spiro atoms. The number of rotatable bonds is 8. The van der Waals surface area contributed by atoms with Gasteiger partial charge in [-0.1, -0.05) is 18.7 Å². The lowest BCUT2D eigenvalue weighted by Crippen LogP contribution is -2.25. The van der Waals surface area contributed by atoms with E-state index in [4.69, 9.17) is 4.74 Å². The van der Waals surface area contributed by atoms with Crippen molar-refractivity contribution in [3.8, 4) is 5.75 Å². The molecule has 0 aliphatic heterocycles. The van der Waals surface area contributed by atoms with E-state index in [0.29, 0.717) is 12.6 Å². The second-order valence-electron chi connectivity index (χ2n) is 4.75. The number of ether oxygens (including phenoxy) is 1. The van der Waals surface area contributed by atoms with Gasteiger partial charge in [0.2, 0.25) is 0 Å². The molecule has 0 saturated heterocycles. The summed E-state index contributed by atoms with van der Waals surface area (Å²) in [7, 11) is 0. The van der Waals surface area contributed by atoms with Gasteiger partial charge in [-0.2, -0.15) is 0 Å². The number of aromatic nitrogens is 2. The Bertz CT molecular complexity index is 541. The average Bonchev–Trinajstić information content (AvgIpc) is 2.81. The number of hydrogen-bond acceptors (Lipinski definition) is 4. The maximum atomic E-state index is 5.50. The molecule has 0 saturated carbocycles. The number of imidazole rings is 1. The minimum Gasteiger partial charge on any atom is -0.494 e. The van der Waals surface area contributed by atoms with E-state index in [1.165, 1.54) is 0 Å². The summed E-state index contributed by atoms with van der Waals surface area (Å²) in [5, 5.41) is 4.40. The Hall–Kier alpha value is -1.20. The Morgan fingerprint density at radius 3 is 3.00 bits per heavy atom. The molecule has 1 aromatic carbocycles. The van der Waals surface area contributed by atoms with Gasteiger partial charge in [0, 0.05) is 17.9 Å². The second kappa shape index (κ2) is 7.55. The zero-order valence-electron chi connectivity index (χ0n) is 12.4. The third kappa shape index (κ3) is 4.15. The molecule has 20 heavy (non-hydrogen) atoms. The van der Waals surface area contributed by atoms with Gasteiger partial charge in [-0.05, 0) is 38.9 Å². The van der Waals surface area contributed by atoms with Crippen LogP contribution in [0.15, 0.2) is 23.4 Å². The topological polar surface area (TPSA) is 49.9 Å². The summed E-state index contributed by atoms with van der Waals surface area (Å²) in [5.41, 5.74) is 2.04. The van der Waals surface area contributed by atoms with Crippen LogP contribution in [0.1, 0.15) is 27.2 Å². The fraction of sp³-hybridized carbons (Fsp3) is 0.533. The number of thioether (sulfide) groups is 1. The minimum absolute atomic E-state index is 0.557. The fourth-order valence-corrected chi connectivity index (χ4v) is 3.08. The van der Waals surface area contributed by atoms with E-state index in [2.05, 4.69) is 29.1 Å². The summed E-state index contributed by atoms with van der Waals surface area (Å²) < 4.78 is 5.50. The lowest BCUT2D eigenvalue weighted by atomic mass is 10.3. The van der Waals surface area contributed by atoms with E-state index in [0.717, 1.165) is 40.7 Å². The van der Waals surface area contributed by atoms with Crippen molar-refractivity contribution < 1.29 is 4.74 Å². The van der Waals surface area contributed by atoms with Crippen LogP contribution in [-0.4, -0.2) is 34.9 Å². The van der Waals surface area contributed by atoms with Crippen molar-refractivity contribution in [2.45, 2.75) is 38.4 Å². The van der Waals surface area contributed by atoms with Crippen LogP contribution >= 0.6 is 11.8 Å². The highest BCUT2D eigenvalue weighted by Gasteiger charge is 2.06. The van der Waals surface area contributed by atoms with Gasteiger partial charge in [-0.3, -0.25) is 0 Å². The first-order valence-electron chi connectivity index (χ1n) is 7.21. The van der Waals surface area contributed by atoms with Crippen LogP contribution in [0.2, 0.25) is 0 Å². The van der Waals surface area contributed by atoms with E-state index in [-0.39, 0.29) is 0 Å². The highest BCUT2D eigenvalue weighted by atomic mass is 32.2. The quantitative estimate of drug-likeness (QED) is 0.732. The molecule has 4 nitrogen and oxygen atoms in total. The van der Waals surface area contributed by atoms with Gasteiger partial charge < -0.3 is 15.0 Å². The van der Waals surface area contributed by atoms with Crippen LogP contribution in [0.5, 0.6) is 5.75 Å². The molecule has 1 aromatic heterocycles. The van der Waals surface area contributed by atoms with Crippen molar-refractivity contribution in [1.29, 1.82) is 0 Å². The molecule has 0 aliphatic carbocycles. The molecular weight excluding hydrogens is 270 g/mol. The third-order valence-electron chi connectivity index (χ3n) is 3.08. The van der Waals surface area contributed by atoms with Gasteiger partial charge in [-0.15, -0.1) is 0 Å². The van der Waals surface area contributed by atoms with Gasteiger partial charge in [-0.25, -0.2) is 4.98 Å². The molecule has 2 aromatic rings. The molecule has 2 N–H and O–H groups in total. The van der Waals surface area contributed by atoms with Gasteiger partial charge in [0.25, 0.3) is 0 Å². The van der Waals surface area contributed by atoms with Crippen molar-refractivity contribution in [3.05, 3.63) is 18.2 Å². The van der Waals surface area contributed by atoms with Crippen LogP contribution < -0.4 is 10.1 Å². The van der Waals surface area contributed by atoms with Crippen molar-refractivity contribution >= 4 is 22.8 Å². The standard InChI is InChI=1S/C15H23N3OS/c1-4-16-11(3)8-9-20-15-17-13-7-6-12(19-5-2)10-14(13)18-15/h6-7,10-11,16H,4-5,8-9H2,1-3H3,(H,17,18). The van der Waals surface area contributed by atoms with E-state index in [1.807, 2.05) is 25.1 Å². The molecule has 1 atom stereocenters. The summed E-state index contributed by atoms with van der Waals surface area (Å²) >= 11 is 1.77. The van der Waals surface area contributed by atoms with Crippen molar-refractivity contribution in [2.24, 2.45) is 0 Å². The summed E-state index contributed by atoms with van der Waals surface area (Å²) in [4.78, 5) is 7.94. The smallest absolute Gasteiger partial charge is 0.166 e. The van der Waals surface area contributed by atoms with Gasteiger partial charge in [0.15, 0.2) is 5.16 Å². The predicted octanol–water partition coefficient (Wildman–Crippen LogP) is 3.44. The van der Waals surface area contributed by atoms with Gasteiger partial charge in [0.05, 0.1) is 17.6 Å². The molecule has 2 rings (SSSR count). The number of nitrogens with zero attached hydrogens (tertiary/aromatic N) is 1. The maximum absolute atomic E-state index is 5.50. The number of hydrogen-bond donors (Lipinski definition) is 2. The van der Waals surface area contributed by atoms with Crippen molar-refractivity contribution in [3.63, 3.8) is 0 Å². The number of fused-ring (bicyclic) bond motifs is 1. The molecule has 5 heteroatoms. The van der Waals surface area contributed by atoms with Crippen LogP contribution in [0, 0.1) is 0 Å². The first-order chi connectivity index (χ1) is 9.72. The maximum Gasteiger partial charge on any atom is 0.166 e. The van der Waals surface area contributed by atoms with Crippen LogP contribution in [-0.2, 0) is 0 Å². The Balaban J connectivity index is 1.94. The molecular formula is C15H23N3OS. The summed E-state index contributed by atoms with van der Waals surface area (Å²) in [5.74, 6) is 1.95. The lowest BCUT2D eigenvalue weighted by Gasteiger charge is -2.10. The van der Waals surface area contributed by atoms with Crippen molar-refractivity contribution in [2.75, 3.05) is 18.9 Å². The van der Waals surface area contributed by atoms with Crippen LogP contribution in [0.4, 0.5) is 0 Å². The number of nitrogens with one attached hydrogen (secondary N) is 2. The van der Waals surface area contributed by atoms with Gasteiger partial charge in [0.1, 0.15) is 5.75 Å². The summed E-state index contributed by atoms with van der Waals surface area (Å²) in [6.07, 6.45) is 1.14. The Kier molecular flexibility index (Phi) is 5.73. The van der Waals surface area contributed by atoms with Crippen LogP contribution in [0.25, 0.3) is 11.0 Å². The number of H-pyrrole nitrogens is 1. The lowest BCUT2D eigenvalue weighted by molar-refractivity contribution is 0.340. The minimum atomic E-state index is 0.557. The zero-order valence-corrected chi connectivity index (χ0v) is 13.2. The number of benzene rings is 1. The first-order valence-corrected chi connectivity index (χ1v) is 8.20. The molecule has 1 heterocycles. The van der Waals surface area contributed by atoms with E-state index >= 15 is 0 Å². The highest BCUT2D eigenvalue weighted by molar-refractivity contribution is 7.99. The Morgan fingerprint density at radius 1 is 1.40 bits per heavy atom. The molecule has 1 unspecified atom stereocenters. The fourth-order valence-electron chi connectivity index (χ4n) is 2.07. The summed E-state index contributed by atoms with van der Waals surface area (Å²) in [6.45, 7) is 8.06. The second-order valence-corrected chi connectivity index (χ2v) is 5.83. The summed E-state index contributed by atoms with van der Waals surface area (Å²) in [6, 6.07) is 6.54. The van der Waals surface area contributed by atoms with E-state index in [1.54, 1.807) is 11.8 Å². The monoisotopic (exact) mass is 293 g/mol. The molecule has 0 amide bonds. The third-order valence-corrected chi connectivity index (χ3v) is 3.99. The van der Waals surface area contributed by atoms with E-state index in [9.17, 15) is 0 Å². The predicted molar refractivity (Wildman–Crippen MR) is 85.7 cm³/mol. The largest absolute Gasteiger partial charge is 0.494 e. The average molecular weight is 293 g/mol.